The van der Waals surface area contributed by atoms with Crippen molar-refractivity contribution in [1.82, 2.24) is 88.9 Å². The van der Waals surface area contributed by atoms with Crippen molar-refractivity contribution in [3.63, 3.8) is 0 Å². The van der Waals surface area contributed by atoms with Gasteiger partial charge in [0.05, 0.1) is 112 Å². The van der Waals surface area contributed by atoms with E-state index in [0.29, 0.717) is 83.0 Å². The first-order valence-corrected chi connectivity index (χ1v) is 42.9. The molecule has 14 aromatic rings. The van der Waals surface area contributed by atoms with Gasteiger partial charge in [0.15, 0.2) is 88.8 Å². The average molecular weight is 1750 g/mol. The van der Waals surface area contributed by atoms with E-state index in [1.807, 2.05) is 65.7 Å². The molecule has 40 heteroatoms. The Morgan fingerprint density at radius 2 is 1.14 bits per heavy atom. The maximum absolute atomic E-state index is 15.1. The number of carbonyl (C=O) groups excluding carboxylic acids is 4. The number of anilines is 8. The minimum absolute atomic E-state index is 0. The molecule has 652 valence electrons. The highest BCUT2D eigenvalue weighted by Gasteiger charge is 2.36. The zero-order valence-corrected chi connectivity index (χ0v) is 70.2. The number of carbonyl (C=O) groups is 4. The van der Waals surface area contributed by atoms with Crippen molar-refractivity contribution in [3.8, 4) is 56.5 Å². The van der Waals surface area contributed by atoms with Crippen molar-refractivity contribution in [2.75, 3.05) is 96.4 Å². The molecule has 35 nitrogen and oxygen atoms in total. The fourth-order valence-corrected chi connectivity index (χ4v) is 16.1. The third-order valence-electron chi connectivity index (χ3n) is 21.2. The molecule has 126 heavy (non-hydrogen) atoms. The number of pyridine rings is 2. The Hall–Kier alpha value is -14.5. The molecule has 3 fully saturated rings. The molecular formula is C86H91F3N26O9S2. The molecule has 17 rings (SSSR count). The SMILES string of the molecule is C.CNCc1ccc(-c2cc(-c3nc(-c4ccc(S(=O)(=O)C(C)C)cc4)cnc3N)on2)cc1.CS(=O)(=O)c1ccc(-c2cnc(N)c(C(=O)Nc3ccccc3)n2)cc1.Cc1cncc(NC(=O)c2c(N)nn3cc(F)cnc23)c1-c1cncn1C.Nc1nn2cc(F)cnc2c1C(=O)Nc1cncc(F)c1N1CCC(C(=O)N2CCN(C3CCC3)CC2)CC1. The van der Waals surface area contributed by atoms with Crippen LogP contribution in [0.2, 0.25) is 0 Å². The number of para-hydroxylation sites is 1. The highest BCUT2D eigenvalue weighted by atomic mass is 32.2. The fourth-order valence-electron chi connectivity index (χ4n) is 14.4. The van der Waals surface area contributed by atoms with Crippen LogP contribution in [0.25, 0.3) is 67.8 Å². The van der Waals surface area contributed by atoms with E-state index >= 15 is 4.39 Å². The van der Waals surface area contributed by atoms with Gasteiger partial charge >= 0.3 is 0 Å². The summed E-state index contributed by atoms with van der Waals surface area (Å²) in [6, 6.07) is 32.1. The third kappa shape index (κ3) is 20.1. The molecule has 2 aliphatic heterocycles. The molecule has 1 aliphatic carbocycles. The van der Waals surface area contributed by atoms with Gasteiger partial charge in [-0.3, -0.25) is 34.0 Å². The number of piperidine rings is 1. The molecule has 3 aliphatic rings. The Balaban J connectivity index is 0.000000145. The first-order valence-electron chi connectivity index (χ1n) is 39.5. The Morgan fingerprint density at radius 1 is 0.587 bits per heavy atom. The maximum atomic E-state index is 15.1. The lowest BCUT2D eigenvalue weighted by Gasteiger charge is -2.44. The number of benzene rings is 4. The second kappa shape index (κ2) is 38.5. The van der Waals surface area contributed by atoms with Gasteiger partial charge in [-0.1, -0.05) is 85.7 Å². The van der Waals surface area contributed by atoms with Crippen molar-refractivity contribution >= 4 is 101 Å². The van der Waals surface area contributed by atoms with Gasteiger partial charge in [0.2, 0.25) is 5.91 Å². The number of hydrogen-bond acceptors (Lipinski definition) is 28. The number of nitrogens with zero attached hydrogens (tertiary/aromatic N) is 18. The lowest BCUT2D eigenvalue weighted by molar-refractivity contribution is -0.138. The highest BCUT2D eigenvalue weighted by molar-refractivity contribution is 7.92. The molecule has 0 atom stereocenters. The van der Waals surface area contributed by atoms with Crippen molar-refractivity contribution in [2.45, 2.75) is 87.9 Å². The number of hydrogen-bond donors (Lipinski definition) is 8. The van der Waals surface area contributed by atoms with Crippen molar-refractivity contribution in [1.29, 1.82) is 0 Å². The summed E-state index contributed by atoms with van der Waals surface area (Å²) >= 11 is 0. The summed E-state index contributed by atoms with van der Waals surface area (Å²) in [5, 5.41) is 22.9. The van der Waals surface area contributed by atoms with Crippen LogP contribution in [0.3, 0.4) is 0 Å². The zero-order valence-electron chi connectivity index (χ0n) is 68.5. The summed E-state index contributed by atoms with van der Waals surface area (Å²) < 4.78 is 99.3. The van der Waals surface area contributed by atoms with Gasteiger partial charge in [0.1, 0.15) is 22.5 Å². The van der Waals surface area contributed by atoms with Gasteiger partial charge in [-0.15, -0.1) is 10.2 Å². The number of imidazole rings is 1. The zero-order chi connectivity index (χ0) is 88.5. The summed E-state index contributed by atoms with van der Waals surface area (Å²) in [5.74, 6) is -2.95. The molecule has 1 saturated carbocycles. The first kappa shape index (κ1) is 89.3. The van der Waals surface area contributed by atoms with E-state index in [9.17, 15) is 44.8 Å². The van der Waals surface area contributed by atoms with E-state index in [0.717, 1.165) is 101 Å². The minimum Gasteiger partial charge on any atom is -0.382 e. The number of piperazine rings is 1. The summed E-state index contributed by atoms with van der Waals surface area (Å²) in [5.41, 5.74) is 33.2. The van der Waals surface area contributed by atoms with Crippen LogP contribution in [-0.4, -0.2) is 188 Å². The Bertz CT molecular complexity index is 6560. The molecule has 10 aromatic heterocycles. The standard InChI is InChI=1S/C26H31F2N9O2.C24H25N5O3S.C18H16N4O3S.C17H15FN8O.CH4/c27-17-12-31-24-21(23(29)33-37(24)15-17)25(38)32-20-14-30-13-19(28)22(20)35-6-4-16(5-7-35)26(39)36-10-8-34(9-11-36)18-2-1-3-18;1-15(2)33(30,31)19-10-8-18(9-11-19)21-14-27-24(25)23(28-21)22-12-20(29-32-22)17-6-4-16(5-7-17)13-26-3;1-26(24,25)14-9-7-12(8-10-14)15-11-20-17(19)16(22-15)18(23)21-13-5-3-2-4-6-13;1-9-3-20-5-11(13(9)12-6-21-8-25(12)2)23-17(27)14-15(19)24-26-7-10(18)4-22-16(14)26;/h12-16,18H,1-11H2,(H2,29,33)(H,32,38);4-12,14-15,26H,13H2,1-3H3,(H2,25,27);2-11H,1H3,(H2,19,20)(H,21,23);3-8H,1-2H3,(H2,19,24)(H,23,27);1H4. The van der Waals surface area contributed by atoms with Gasteiger partial charge in [0, 0.05) is 111 Å². The molecule has 2 saturated heterocycles. The molecule has 12 heterocycles. The van der Waals surface area contributed by atoms with Crippen LogP contribution >= 0.6 is 0 Å². The number of rotatable bonds is 19. The van der Waals surface area contributed by atoms with Gasteiger partial charge in [-0.05, 0) is 101 Å². The molecule has 12 N–H and O–H groups in total. The second-order valence-corrected chi connectivity index (χ2v) is 34.5. The molecule has 0 bridgehead atoms. The number of nitrogens with two attached hydrogens (primary N) is 4. The van der Waals surface area contributed by atoms with E-state index in [-0.39, 0.29) is 91.8 Å². The van der Waals surface area contributed by atoms with Crippen LogP contribution in [-0.2, 0) is 38.1 Å². The average Bonchev–Trinajstić information content (AvgIpc) is 1.59. The molecule has 0 unspecified atom stereocenters. The van der Waals surface area contributed by atoms with Gasteiger partial charge in [-0.25, -0.2) is 73.9 Å². The summed E-state index contributed by atoms with van der Waals surface area (Å²) in [7, 11) is -2.87. The summed E-state index contributed by atoms with van der Waals surface area (Å²) in [4.78, 5) is 95.7. The number of amides is 4. The Labute approximate surface area is 722 Å². The number of aryl methyl sites for hydroxylation is 2. The first-order chi connectivity index (χ1) is 60.0. The number of aromatic nitrogens is 15. The van der Waals surface area contributed by atoms with Crippen LogP contribution in [0.4, 0.5) is 59.2 Å². The number of halogens is 3. The monoisotopic (exact) mass is 1750 g/mol. The third-order valence-corrected chi connectivity index (χ3v) is 24.5. The number of fused-ring (bicyclic) bond motifs is 2. The van der Waals surface area contributed by atoms with Crippen LogP contribution in [0, 0.1) is 30.3 Å². The van der Waals surface area contributed by atoms with E-state index in [1.54, 1.807) is 112 Å². The van der Waals surface area contributed by atoms with E-state index < -0.39 is 60.1 Å². The molecule has 4 amide bonds. The number of sulfone groups is 2. The highest BCUT2D eigenvalue weighted by Crippen LogP contribution is 2.37. The van der Waals surface area contributed by atoms with E-state index in [1.165, 1.54) is 49.4 Å². The lowest BCUT2D eigenvalue weighted by Crippen LogP contribution is -2.55. The lowest BCUT2D eigenvalue weighted by atomic mass is 9.90. The Kier molecular flexibility index (Phi) is 27.3. The van der Waals surface area contributed by atoms with E-state index in [2.05, 4.69) is 86.4 Å². The fraction of sp³-hybridized carbons (Fsp3) is 0.256. The van der Waals surface area contributed by atoms with Crippen LogP contribution < -0.4 is 49.1 Å². The topological polar surface area (TPSA) is 480 Å². The van der Waals surface area contributed by atoms with Crippen molar-refractivity contribution < 1.29 is 53.7 Å². The quantitative estimate of drug-likeness (QED) is 0.0373. The summed E-state index contributed by atoms with van der Waals surface area (Å²) in [6.07, 6.45) is 22.3. The van der Waals surface area contributed by atoms with Gasteiger partial charge in [0.25, 0.3) is 17.7 Å². The molecule has 0 spiro atoms. The molecule has 0 radical (unpaired) electrons. The van der Waals surface area contributed by atoms with Gasteiger partial charge in [-0.2, -0.15) is 0 Å². The smallest absolute Gasteiger partial charge is 0.278 e. The van der Waals surface area contributed by atoms with Crippen LogP contribution in [0.5, 0.6) is 0 Å². The number of nitrogens with one attached hydrogen (secondary N) is 4. The normalized spacial score (nSPS) is 13.7. The van der Waals surface area contributed by atoms with Crippen LogP contribution in [0.15, 0.2) is 198 Å². The minimum atomic E-state index is -3.35. The largest absolute Gasteiger partial charge is 0.382 e. The predicted octanol–water partition coefficient (Wildman–Crippen LogP) is 10.9. The Morgan fingerprint density at radius 3 is 1.71 bits per heavy atom. The van der Waals surface area contributed by atoms with E-state index in [4.69, 9.17) is 27.5 Å². The van der Waals surface area contributed by atoms with Gasteiger partial charge < -0.3 is 63.1 Å². The van der Waals surface area contributed by atoms with Crippen molar-refractivity contribution in [2.24, 2.45) is 13.0 Å². The van der Waals surface area contributed by atoms with Crippen LogP contribution in [0.1, 0.15) is 95.7 Å². The maximum Gasteiger partial charge on any atom is 0.278 e. The predicted molar refractivity (Wildman–Crippen MR) is 471 cm³/mol. The second-order valence-electron chi connectivity index (χ2n) is 30.0. The molecular weight excluding hydrogens is 1660 g/mol. The number of nitrogen functional groups attached to an aromatic ring is 4. The summed E-state index contributed by atoms with van der Waals surface area (Å²) in [6.45, 7) is 10.3. The molecule has 4 aromatic carbocycles. The van der Waals surface area contributed by atoms with Crippen molar-refractivity contribution in [3.05, 3.63) is 229 Å².